The van der Waals surface area contributed by atoms with Gasteiger partial charge in [0.2, 0.25) is 0 Å². The van der Waals surface area contributed by atoms with Crippen LogP contribution in [-0.4, -0.2) is 54.0 Å². The molecule has 1 unspecified atom stereocenters. The van der Waals surface area contributed by atoms with Crippen molar-refractivity contribution in [2.24, 2.45) is 0 Å². The first-order chi connectivity index (χ1) is 5.11. The standard InChI is InChI=1S/C6H11FN2O2/c1-8-2-3-9(6(10)11)5(7)4-8/h5H,2-4H2,1H3,(H,10,11). The van der Waals surface area contributed by atoms with Gasteiger partial charge in [0.05, 0.1) is 0 Å². The maximum atomic E-state index is 12.9. The summed E-state index contributed by atoms with van der Waals surface area (Å²) in [5.74, 6) is 0. The molecule has 1 rings (SSSR count). The van der Waals surface area contributed by atoms with Gasteiger partial charge in [0, 0.05) is 19.6 Å². The molecule has 11 heavy (non-hydrogen) atoms. The van der Waals surface area contributed by atoms with Gasteiger partial charge in [-0.2, -0.15) is 0 Å². The van der Waals surface area contributed by atoms with Crippen LogP contribution in [0, 0.1) is 0 Å². The van der Waals surface area contributed by atoms with Crippen molar-refractivity contribution in [3.8, 4) is 0 Å². The smallest absolute Gasteiger partial charge is 0.409 e. The van der Waals surface area contributed by atoms with E-state index < -0.39 is 12.4 Å². The number of hydrogen-bond donors (Lipinski definition) is 1. The second-order valence-corrected chi connectivity index (χ2v) is 2.67. The lowest BCUT2D eigenvalue weighted by Gasteiger charge is -2.33. The zero-order chi connectivity index (χ0) is 8.43. The van der Waals surface area contributed by atoms with Gasteiger partial charge in [0.15, 0.2) is 6.30 Å². The third kappa shape index (κ3) is 1.80. The van der Waals surface area contributed by atoms with Crippen LogP contribution in [0.25, 0.3) is 0 Å². The fraction of sp³-hybridized carbons (Fsp3) is 0.833. The van der Waals surface area contributed by atoms with E-state index >= 15 is 0 Å². The molecule has 0 aromatic heterocycles. The predicted octanol–water partition coefficient (Wildman–Crippen LogP) is 0.207. The molecule has 0 saturated carbocycles. The lowest BCUT2D eigenvalue weighted by molar-refractivity contribution is 0.0177. The summed E-state index contributed by atoms with van der Waals surface area (Å²) in [5.41, 5.74) is 0. The van der Waals surface area contributed by atoms with Gasteiger partial charge < -0.3 is 5.11 Å². The van der Waals surface area contributed by atoms with Gasteiger partial charge in [-0.05, 0) is 7.05 Å². The van der Waals surface area contributed by atoms with Crippen LogP contribution >= 0.6 is 0 Å². The van der Waals surface area contributed by atoms with Gasteiger partial charge in [-0.25, -0.2) is 9.18 Å². The minimum atomic E-state index is -1.37. The minimum absolute atomic E-state index is 0.173. The fourth-order valence-electron chi connectivity index (χ4n) is 1.08. The third-order valence-electron chi connectivity index (χ3n) is 1.77. The predicted molar refractivity (Wildman–Crippen MR) is 37.1 cm³/mol. The van der Waals surface area contributed by atoms with Gasteiger partial charge >= 0.3 is 6.09 Å². The minimum Gasteiger partial charge on any atom is -0.465 e. The first-order valence-corrected chi connectivity index (χ1v) is 3.43. The van der Waals surface area contributed by atoms with E-state index in [-0.39, 0.29) is 13.1 Å². The molecule has 0 aliphatic carbocycles. The Morgan fingerprint density at radius 2 is 2.27 bits per heavy atom. The number of carboxylic acid groups (broad SMARTS) is 1. The summed E-state index contributed by atoms with van der Waals surface area (Å²) in [4.78, 5) is 12.9. The van der Waals surface area contributed by atoms with Crippen LogP contribution in [0.1, 0.15) is 0 Å². The van der Waals surface area contributed by atoms with Crippen molar-refractivity contribution in [3.63, 3.8) is 0 Å². The zero-order valence-electron chi connectivity index (χ0n) is 6.33. The van der Waals surface area contributed by atoms with Crippen LogP contribution in [0.2, 0.25) is 0 Å². The Morgan fingerprint density at radius 3 is 2.73 bits per heavy atom. The Kier molecular flexibility index (Phi) is 2.28. The maximum Gasteiger partial charge on any atom is 0.409 e. The van der Waals surface area contributed by atoms with Crippen molar-refractivity contribution in [2.75, 3.05) is 26.7 Å². The number of amides is 1. The summed E-state index contributed by atoms with van der Waals surface area (Å²) >= 11 is 0. The summed E-state index contributed by atoms with van der Waals surface area (Å²) in [7, 11) is 1.77. The molecule has 1 saturated heterocycles. The van der Waals surface area contributed by atoms with Gasteiger partial charge in [0.25, 0.3) is 0 Å². The number of piperazine rings is 1. The second-order valence-electron chi connectivity index (χ2n) is 2.67. The zero-order valence-corrected chi connectivity index (χ0v) is 6.33. The molecule has 1 atom stereocenters. The molecular formula is C6H11FN2O2. The van der Waals surface area contributed by atoms with Gasteiger partial charge in [-0.3, -0.25) is 9.80 Å². The lowest BCUT2D eigenvalue weighted by Crippen LogP contribution is -2.51. The van der Waals surface area contributed by atoms with E-state index in [0.717, 1.165) is 4.90 Å². The molecule has 1 amide bonds. The molecule has 1 fully saturated rings. The van der Waals surface area contributed by atoms with Crippen molar-refractivity contribution in [2.45, 2.75) is 6.30 Å². The Hall–Kier alpha value is -0.840. The molecular weight excluding hydrogens is 151 g/mol. The molecule has 0 bridgehead atoms. The molecule has 0 aromatic carbocycles. The SMILES string of the molecule is CN1CCN(C(=O)O)C(F)C1. The summed E-state index contributed by atoms with van der Waals surface area (Å²) in [6, 6.07) is 0. The number of alkyl halides is 1. The van der Waals surface area contributed by atoms with E-state index in [4.69, 9.17) is 5.11 Å². The molecule has 0 aromatic rings. The van der Waals surface area contributed by atoms with Crippen molar-refractivity contribution >= 4 is 6.09 Å². The van der Waals surface area contributed by atoms with E-state index in [1.165, 1.54) is 0 Å². The van der Waals surface area contributed by atoms with Gasteiger partial charge in [-0.1, -0.05) is 0 Å². The van der Waals surface area contributed by atoms with Crippen molar-refractivity contribution in [3.05, 3.63) is 0 Å². The van der Waals surface area contributed by atoms with Crippen LogP contribution in [0.3, 0.4) is 0 Å². The second kappa shape index (κ2) is 3.04. The van der Waals surface area contributed by atoms with E-state index in [0.29, 0.717) is 6.54 Å². The van der Waals surface area contributed by atoms with Crippen molar-refractivity contribution in [1.29, 1.82) is 0 Å². The molecule has 64 valence electrons. The quantitative estimate of drug-likeness (QED) is 0.518. The summed E-state index contributed by atoms with van der Waals surface area (Å²) in [6.07, 6.45) is -2.54. The molecule has 1 aliphatic rings. The normalized spacial score (nSPS) is 27.1. The molecule has 0 spiro atoms. The molecule has 1 aliphatic heterocycles. The van der Waals surface area contributed by atoms with Crippen LogP contribution in [-0.2, 0) is 0 Å². The summed E-state index contributed by atoms with van der Waals surface area (Å²) in [5, 5.41) is 8.46. The largest absolute Gasteiger partial charge is 0.465 e. The Labute approximate surface area is 64.2 Å². The number of halogens is 1. The highest BCUT2D eigenvalue weighted by Crippen LogP contribution is 2.08. The first-order valence-electron chi connectivity index (χ1n) is 3.43. The number of carbonyl (C=O) groups is 1. The highest BCUT2D eigenvalue weighted by atomic mass is 19.1. The number of nitrogens with zero attached hydrogens (tertiary/aromatic N) is 2. The van der Waals surface area contributed by atoms with Crippen LogP contribution in [0.15, 0.2) is 0 Å². The van der Waals surface area contributed by atoms with Crippen molar-refractivity contribution in [1.82, 2.24) is 9.80 Å². The monoisotopic (exact) mass is 162 g/mol. The number of likely N-dealkylation sites (N-methyl/N-ethyl adjacent to an activating group) is 1. The van der Waals surface area contributed by atoms with Gasteiger partial charge in [-0.15, -0.1) is 0 Å². The summed E-state index contributed by atoms with van der Waals surface area (Å²) < 4.78 is 12.9. The topological polar surface area (TPSA) is 43.8 Å². The number of hydrogen-bond acceptors (Lipinski definition) is 2. The highest BCUT2D eigenvalue weighted by molar-refractivity contribution is 5.65. The van der Waals surface area contributed by atoms with Crippen LogP contribution < -0.4 is 0 Å². The maximum absolute atomic E-state index is 12.9. The Balaban J connectivity index is 2.50. The average Bonchev–Trinajstić information content (AvgIpc) is 1.85. The van der Waals surface area contributed by atoms with Crippen LogP contribution in [0.5, 0.6) is 0 Å². The van der Waals surface area contributed by atoms with Crippen molar-refractivity contribution < 1.29 is 14.3 Å². The van der Waals surface area contributed by atoms with E-state index in [1.54, 1.807) is 11.9 Å². The van der Waals surface area contributed by atoms with E-state index in [9.17, 15) is 9.18 Å². The van der Waals surface area contributed by atoms with E-state index in [2.05, 4.69) is 0 Å². The van der Waals surface area contributed by atoms with E-state index in [1.807, 2.05) is 0 Å². The molecule has 1 N–H and O–H groups in total. The Morgan fingerprint density at radius 1 is 1.64 bits per heavy atom. The molecule has 0 radical (unpaired) electrons. The van der Waals surface area contributed by atoms with Crippen LogP contribution in [0.4, 0.5) is 9.18 Å². The molecule has 1 heterocycles. The molecule has 4 nitrogen and oxygen atoms in total. The summed E-state index contributed by atoms with van der Waals surface area (Å²) in [6.45, 7) is 1.03. The fourth-order valence-corrected chi connectivity index (χ4v) is 1.08. The number of rotatable bonds is 0. The Bertz CT molecular complexity index is 165. The first kappa shape index (κ1) is 8.26. The average molecular weight is 162 g/mol. The molecule has 5 heteroatoms. The lowest BCUT2D eigenvalue weighted by atomic mass is 10.3. The highest BCUT2D eigenvalue weighted by Gasteiger charge is 2.27. The van der Waals surface area contributed by atoms with Gasteiger partial charge in [0.1, 0.15) is 0 Å². The third-order valence-corrected chi connectivity index (χ3v) is 1.77.